The van der Waals surface area contributed by atoms with Gasteiger partial charge in [0.25, 0.3) is 0 Å². The largest absolute Gasteiger partial charge is 0.485 e. The molecule has 1 aromatic heterocycles. The van der Waals surface area contributed by atoms with E-state index in [-0.39, 0.29) is 0 Å². The van der Waals surface area contributed by atoms with Crippen LogP contribution < -0.4 is 10.1 Å². The van der Waals surface area contributed by atoms with Gasteiger partial charge in [-0.15, -0.1) is 10.2 Å². The minimum absolute atomic E-state index is 0.412. The van der Waals surface area contributed by atoms with Crippen molar-refractivity contribution in [3.8, 4) is 5.75 Å². The van der Waals surface area contributed by atoms with Crippen LogP contribution in [0, 0.1) is 6.92 Å². The average Bonchev–Trinajstić information content (AvgIpc) is 2.70. The number of hydrogen-bond acceptors (Lipinski definition) is 4. The Bertz CT molecular complexity index is 568. The number of hydrogen-bond donors (Lipinski definition) is 1. The lowest BCUT2D eigenvalue weighted by Gasteiger charge is -2.11. The quantitative estimate of drug-likeness (QED) is 0.916. The second-order valence-electron chi connectivity index (χ2n) is 4.29. The summed E-state index contributed by atoms with van der Waals surface area (Å²) in [7, 11) is 3.85. The molecule has 1 aromatic carbocycles. The molecule has 1 N–H and O–H groups in total. The van der Waals surface area contributed by atoms with Gasteiger partial charge in [-0.1, -0.05) is 15.9 Å². The first kappa shape index (κ1) is 14.0. The van der Waals surface area contributed by atoms with Crippen LogP contribution in [-0.2, 0) is 20.2 Å². The number of nitrogens with one attached hydrogen (secondary N) is 1. The Kier molecular flexibility index (Phi) is 4.55. The van der Waals surface area contributed by atoms with Crippen LogP contribution in [0.3, 0.4) is 0 Å². The van der Waals surface area contributed by atoms with E-state index in [0.29, 0.717) is 6.61 Å². The van der Waals surface area contributed by atoms with Crippen LogP contribution in [0.2, 0.25) is 0 Å². The third-order valence-electron chi connectivity index (χ3n) is 2.93. The third-order valence-corrected chi connectivity index (χ3v) is 3.42. The molecule has 2 rings (SSSR count). The maximum Gasteiger partial charge on any atom is 0.170 e. The van der Waals surface area contributed by atoms with Crippen molar-refractivity contribution in [3.63, 3.8) is 0 Å². The van der Waals surface area contributed by atoms with Gasteiger partial charge < -0.3 is 14.6 Å². The predicted octanol–water partition coefficient (Wildman–Crippen LogP) is 2.18. The molecule has 0 aliphatic rings. The number of ether oxygens (including phenoxy) is 1. The van der Waals surface area contributed by atoms with Crippen molar-refractivity contribution in [2.45, 2.75) is 20.1 Å². The van der Waals surface area contributed by atoms with Gasteiger partial charge in [0.15, 0.2) is 5.82 Å². The minimum atomic E-state index is 0.412. The van der Waals surface area contributed by atoms with E-state index in [4.69, 9.17) is 4.74 Å². The summed E-state index contributed by atoms with van der Waals surface area (Å²) in [6, 6.07) is 5.98. The fourth-order valence-corrected chi connectivity index (χ4v) is 2.14. The summed E-state index contributed by atoms with van der Waals surface area (Å²) in [6.07, 6.45) is 0. The molecule has 5 nitrogen and oxygen atoms in total. The molecule has 0 aliphatic carbocycles. The molecule has 0 amide bonds. The molecule has 0 aliphatic heterocycles. The van der Waals surface area contributed by atoms with Gasteiger partial charge in [0, 0.05) is 23.6 Å². The molecular weight excluding hydrogens is 308 g/mol. The van der Waals surface area contributed by atoms with Crippen molar-refractivity contribution in [1.29, 1.82) is 0 Å². The number of aromatic nitrogens is 3. The molecule has 0 bridgehead atoms. The number of nitrogens with zero attached hydrogens (tertiary/aromatic N) is 3. The van der Waals surface area contributed by atoms with Crippen molar-refractivity contribution in [2.24, 2.45) is 7.05 Å². The van der Waals surface area contributed by atoms with E-state index < -0.39 is 0 Å². The van der Waals surface area contributed by atoms with Crippen LogP contribution in [0.1, 0.15) is 17.2 Å². The summed E-state index contributed by atoms with van der Waals surface area (Å²) < 4.78 is 8.81. The van der Waals surface area contributed by atoms with Crippen LogP contribution in [0.4, 0.5) is 0 Å². The highest BCUT2D eigenvalue weighted by Gasteiger charge is 2.08. The highest BCUT2D eigenvalue weighted by molar-refractivity contribution is 9.10. The van der Waals surface area contributed by atoms with Gasteiger partial charge >= 0.3 is 0 Å². The van der Waals surface area contributed by atoms with Gasteiger partial charge in [0.1, 0.15) is 18.2 Å². The second-order valence-corrected chi connectivity index (χ2v) is 5.21. The normalized spacial score (nSPS) is 10.7. The summed E-state index contributed by atoms with van der Waals surface area (Å²) >= 11 is 3.47. The third kappa shape index (κ3) is 3.33. The smallest absolute Gasteiger partial charge is 0.170 e. The Labute approximate surface area is 121 Å². The molecule has 2 aromatic rings. The van der Waals surface area contributed by atoms with Gasteiger partial charge in [0.05, 0.1) is 0 Å². The first-order chi connectivity index (χ1) is 9.11. The van der Waals surface area contributed by atoms with E-state index in [1.54, 1.807) is 0 Å². The van der Waals surface area contributed by atoms with Crippen LogP contribution in [0.25, 0.3) is 0 Å². The molecule has 102 valence electrons. The van der Waals surface area contributed by atoms with E-state index in [9.17, 15) is 0 Å². The van der Waals surface area contributed by atoms with Gasteiger partial charge in [-0.05, 0) is 32.2 Å². The predicted molar refractivity (Wildman–Crippen MR) is 77.0 cm³/mol. The monoisotopic (exact) mass is 324 g/mol. The van der Waals surface area contributed by atoms with Gasteiger partial charge in [-0.25, -0.2) is 0 Å². The molecule has 0 spiro atoms. The van der Waals surface area contributed by atoms with E-state index in [1.165, 1.54) is 0 Å². The zero-order valence-corrected chi connectivity index (χ0v) is 12.9. The summed E-state index contributed by atoms with van der Waals surface area (Å²) in [5, 5.41) is 11.2. The van der Waals surface area contributed by atoms with Crippen molar-refractivity contribution in [3.05, 3.63) is 39.9 Å². The highest BCUT2D eigenvalue weighted by atomic mass is 79.9. The van der Waals surface area contributed by atoms with Gasteiger partial charge in [-0.2, -0.15) is 0 Å². The molecule has 0 saturated heterocycles. The molecule has 6 heteroatoms. The second kappa shape index (κ2) is 6.16. The molecule has 0 fully saturated rings. The minimum Gasteiger partial charge on any atom is -0.485 e. The lowest BCUT2D eigenvalue weighted by atomic mass is 10.2. The van der Waals surface area contributed by atoms with Crippen molar-refractivity contribution in [1.82, 2.24) is 20.1 Å². The van der Waals surface area contributed by atoms with E-state index >= 15 is 0 Å². The van der Waals surface area contributed by atoms with Crippen LogP contribution >= 0.6 is 15.9 Å². The number of rotatable bonds is 5. The fraction of sp³-hybridized carbons (Fsp3) is 0.385. The van der Waals surface area contributed by atoms with Gasteiger partial charge in [0.2, 0.25) is 0 Å². The maximum absolute atomic E-state index is 5.84. The molecule has 0 radical (unpaired) electrons. The van der Waals surface area contributed by atoms with E-state index in [0.717, 1.165) is 34.0 Å². The summed E-state index contributed by atoms with van der Waals surface area (Å²) in [6.45, 7) is 3.09. The Hall–Kier alpha value is -1.40. The molecule has 0 unspecified atom stereocenters. The molecular formula is C13H17BrN4O. The van der Waals surface area contributed by atoms with Crippen molar-refractivity contribution in [2.75, 3.05) is 7.05 Å². The zero-order valence-electron chi connectivity index (χ0n) is 11.3. The van der Waals surface area contributed by atoms with Crippen LogP contribution in [-0.4, -0.2) is 21.8 Å². The lowest BCUT2D eigenvalue weighted by molar-refractivity contribution is 0.287. The van der Waals surface area contributed by atoms with Crippen LogP contribution in [0.5, 0.6) is 5.75 Å². The topological polar surface area (TPSA) is 52.0 Å². The first-order valence-corrected chi connectivity index (χ1v) is 6.82. The molecule has 19 heavy (non-hydrogen) atoms. The first-order valence-electron chi connectivity index (χ1n) is 6.02. The summed E-state index contributed by atoms with van der Waals surface area (Å²) in [5.74, 6) is 2.55. The lowest BCUT2D eigenvalue weighted by Crippen LogP contribution is -2.09. The van der Waals surface area contributed by atoms with E-state index in [1.807, 2.05) is 43.8 Å². The zero-order chi connectivity index (χ0) is 13.8. The van der Waals surface area contributed by atoms with Gasteiger partial charge in [-0.3, -0.25) is 0 Å². The SMILES string of the molecule is CNCc1cc(Br)ccc1OCc1nnc(C)n1C. The highest BCUT2D eigenvalue weighted by Crippen LogP contribution is 2.23. The fourth-order valence-electron chi connectivity index (χ4n) is 1.74. The van der Waals surface area contributed by atoms with Crippen LogP contribution in [0.15, 0.2) is 22.7 Å². The van der Waals surface area contributed by atoms with E-state index in [2.05, 4.69) is 31.4 Å². The molecule has 1 heterocycles. The molecule has 0 saturated carbocycles. The number of halogens is 1. The summed E-state index contributed by atoms with van der Waals surface area (Å²) in [5.41, 5.74) is 1.11. The average molecular weight is 325 g/mol. The van der Waals surface area contributed by atoms with Crippen molar-refractivity contribution < 1.29 is 4.74 Å². The summed E-state index contributed by atoms with van der Waals surface area (Å²) in [4.78, 5) is 0. The Morgan fingerprint density at radius 2 is 2.16 bits per heavy atom. The Balaban J connectivity index is 2.12. The number of aryl methyl sites for hydroxylation is 1. The Morgan fingerprint density at radius 3 is 2.79 bits per heavy atom. The maximum atomic E-state index is 5.84. The van der Waals surface area contributed by atoms with Crippen molar-refractivity contribution >= 4 is 15.9 Å². The standard InChI is InChI=1S/C13H17BrN4O/c1-9-16-17-13(18(9)3)8-19-12-5-4-11(14)6-10(12)7-15-2/h4-6,15H,7-8H2,1-3H3. The molecule has 0 atom stereocenters. The number of benzene rings is 1. The Morgan fingerprint density at radius 1 is 1.37 bits per heavy atom.